The highest BCUT2D eigenvalue weighted by Gasteiger charge is 2.63. The number of carbonyl (C=O) groups is 2. The number of methoxy groups -OCH3 is 4. The summed E-state index contributed by atoms with van der Waals surface area (Å²) in [6, 6.07) is 0. The number of carbonyl (C=O) groups excluding carboxylic acids is 1. The summed E-state index contributed by atoms with van der Waals surface area (Å²) in [7, 11) is 5.62. The first-order valence-corrected chi connectivity index (χ1v) is 7.49. The van der Waals surface area contributed by atoms with Crippen LogP contribution in [-0.4, -0.2) is 88.2 Å². The van der Waals surface area contributed by atoms with Gasteiger partial charge >= 0.3 is 11.8 Å². The molecule has 24 heavy (non-hydrogen) atoms. The van der Waals surface area contributed by atoms with E-state index in [1.807, 2.05) is 0 Å². The third-order valence-corrected chi connectivity index (χ3v) is 3.74. The van der Waals surface area contributed by atoms with Crippen LogP contribution in [0.15, 0.2) is 0 Å². The molecule has 0 aromatic heterocycles. The van der Waals surface area contributed by atoms with E-state index in [2.05, 4.69) is 0 Å². The first kappa shape index (κ1) is 20.9. The molecule has 1 fully saturated rings. The van der Waals surface area contributed by atoms with E-state index in [4.69, 9.17) is 28.4 Å². The fraction of sp³-hybridized carbons (Fsp3) is 0.867. The zero-order valence-corrected chi connectivity index (χ0v) is 14.8. The quantitative estimate of drug-likeness (QED) is 0.568. The van der Waals surface area contributed by atoms with Gasteiger partial charge in [0.15, 0.2) is 0 Å². The van der Waals surface area contributed by atoms with Gasteiger partial charge in [-0.1, -0.05) is 0 Å². The van der Waals surface area contributed by atoms with E-state index in [-0.39, 0.29) is 6.61 Å². The van der Waals surface area contributed by atoms with Gasteiger partial charge in [-0.05, 0) is 13.8 Å². The van der Waals surface area contributed by atoms with Crippen LogP contribution < -0.4 is 0 Å². The minimum absolute atomic E-state index is 0.0465. The molecule has 9 nitrogen and oxygen atoms in total. The number of ketones is 1. The summed E-state index contributed by atoms with van der Waals surface area (Å²) in [5.74, 6) is -5.14. The van der Waals surface area contributed by atoms with Gasteiger partial charge in [-0.3, -0.25) is 4.79 Å². The minimum atomic E-state index is -2.17. The molecule has 0 aromatic carbocycles. The zero-order chi connectivity index (χ0) is 18.5. The first-order chi connectivity index (χ1) is 11.3. The van der Waals surface area contributed by atoms with Crippen LogP contribution in [0.3, 0.4) is 0 Å². The van der Waals surface area contributed by atoms with Crippen LogP contribution in [0, 0.1) is 0 Å². The molecule has 1 rings (SSSR count). The maximum absolute atomic E-state index is 12.5. The highest BCUT2D eigenvalue weighted by molar-refractivity contribution is 6.35. The SMILES string of the molecule is COC[C@H]1O[C@@](OC(C)C)(C(=O)C(=O)O)[C@@H](OC)[C@@H](OC)[C@@H]1OC. The summed E-state index contributed by atoms with van der Waals surface area (Å²) in [5.41, 5.74) is 0. The van der Waals surface area contributed by atoms with Crippen molar-refractivity contribution in [3.63, 3.8) is 0 Å². The van der Waals surface area contributed by atoms with E-state index in [0.717, 1.165) is 0 Å². The number of aliphatic carboxylic acids is 1. The number of carboxylic acids is 1. The molecule has 1 aliphatic heterocycles. The summed E-state index contributed by atoms with van der Waals surface area (Å²) in [5, 5.41) is 9.26. The van der Waals surface area contributed by atoms with Crippen molar-refractivity contribution in [1.82, 2.24) is 0 Å². The molecule has 0 saturated carbocycles. The number of carboxylic acid groups (broad SMARTS) is 1. The minimum Gasteiger partial charge on any atom is -0.475 e. The van der Waals surface area contributed by atoms with Crippen molar-refractivity contribution < 1.29 is 43.1 Å². The number of hydrogen-bond acceptors (Lipinski definition) is 8. The summed E-state index contributed by atoms with van der Waals surface area (Å²) in [6.07, 6.45) is -3.91. The van der Waals surface area contributed by atoms with Crippen LogP contribution in [0.2, 0.25) is 0 Å². The summed E-state index contributed by atoms with van der Waals surface area (Å²) < 4.78 is 32.7. The van der Waals surface area contributed by atoms with E-state index < -0.39 is 48.1 Å². The van der Waals surface area contributed by atoms with Gasteiger partial charge in [-0.25, -0.2) is 4.79 Å². The Morgan fingerprint density at radius 1 is 1.08 bits per heavy atom. The Hall–Kier alpha value is -1.10. The largest absolute Gasteiger partial charge is 0.475 e. The summed E-state index contributed by atoms with van der Waals surface area (Å²) in [6.45, 7) is 3.36. The van der Waals surface area contributed by atoms with Gasteiger partial charge in [0, 0.05) is 28.4 Å². The highest BCUT2D eigenvalue weighted by atomic mass is 16.8. The Bertz CT molecular complexity index is 439. The second-order valence-electron chi connectivity index (χ2n) is 5.64. The Labute approximate surface area is 141 Å². The highest BCUT2D eigenvalue weighted by Crippen LogP contribution is 2.37. The molecule has 5 atom stereocenters. The Morgan fingerprint density at radius 2 is 1.67 bits per heavy atom. The van der Waals surface area contributed by atoms with Gasteiger partial charge in [-0.15, -0.1) is 0 Å². The molecule has 140 valence electrons. The summed E-state index contributed by atoms with van der Waals surface area (Å²) in [4.78, 5) is 23.9. The fourth-order valence-corrected chi connectivity index (χ4v) is 2.92. The van der Waals surface area contributed by atoms with Crippen LogP contribution in [0.25, 0.3) is 0 Å². The predicted molar refractivity (Wildman–Crippen MR) is 80.7 cm³/mol. The maximum atomic E-state index is 12.5. The molecular weight excluding hydrogens is 324 g/mol. The van der Waals surface area contributed by atoms with Crippen LogP contribution >= 0.6 is 0 Å². The van der Waals surface area contributed by atoms with Crippen molar-refractivity contribution in [3.05, 3.63) is 0 Å². The third kappa shape index (κ3) is 3.93. The normalized spacial score (nSPS) is 33.6. The molecule has 1 saturated heterocycles. The predicted octanol–water partition coefficient (Wildman–Crippen LogP) is -0.148. The van der Waals surface area contributed by atoms with Gasteiger partial charge in [0.2, 0.25) is 0 Å². The molecule has 1 aliphatic rings. The van der Waals surface area contributed by atoms with Crippen molar-refractivity contribution >= 4 is 11.8 Å². The average molecular weight is 350 g/mol. The van der Waals surface area contributed by atoms with Gasteiger partial charge < -0.3 is 33.5 Å². The van der Waals surface area contributed by atoms with Crippen molar-refractivity contribution in [2.45, 2.75) is 50.2 Å². The van der Waals surface area contributed by atoms with Crippen LogP contribution in [0.4, 0.5) is 0 Å². The van der Waals surface area contributed by atoms with Gasteiger partial charge in [0.25, 0.3) is 5.79 Å². The number of rotatable bonds is 9. The smallest absolute Gasteiger partial charge is 0.378 e. The zero-order valence-electron chi connectivity index (χ0n) is 14.8. The molecular formula is C15H26O9. The third-order valence-electron chi connectivity index (χ3n) is 3.74. The van der Waals surface area contributed by atoms with E-state index >= 15 is 0 Å². The lowest BCUT2D eigenvalue weighted by Gasteiger charge is -2.50. The number of ether oxygens (including phenoxy) is 6. The lowest BCUT2D eigenvalue weighted by molar-refractivity contribution is -0.360. The van der Waals surface area contributed by atoms with Crippen LogP contribution in [-0.2, 0) is 38.0 Å². The van der Waals surface area contributed by atoms with Crippen molar-refractivity contribution in [2.24, 2.45) is 0 Å². The maximum Gasteiger partial charge on any atom is 0.378 e. The van der Waals surface area contributed by atoms with Crippen molar-refractivity contribution in [2.75, 3.05) is 35.0 Å². The molecule has 0 aromatic rings. The second kappa shape index (κ2) is 8.84. The van der Waals surface area contributed by atoms with Crippen LogP contribution in [0.1, 0.15) is 13.8 Å². The Balaban J connectivity index is 3.44. The Kier molecular flexibility index (Phi) is 7.71. The monoisotopic (exact) mass is 350 g/mol. The van der Waals surface area contributed by atoms with E-state index in [9.17, 15) is 14.7 Å². The van der Waals surface area contributed by atoms with E-state index in [1.165, 1.54) is 28.4 Å². The molecule has 0 spiro atoms. The molecule has 0 amide bonds. The van der Waals surface area contributed by atoms with Gasteiger partial charge in [0.05, 0.1) is 12.7 Å². The van der Waals surface area contributed by atoms with Crippen molar-refractivity contribution in [3.8, 4) is 0 Å². The molecule has 0 aliphatic carbocycles. The second-order valence-corrected chi connectivity index (χ2v) is 5.64. The number of Topliss-reactive ketones (excluding diaryl/α,β-unsaturated/α-hetero) is 1. The van der Waals surface area contributed by atoms with Crippen LogP contribution in [0.5, 0.6) is 0 Å². The summed E-state index contributed by atoms with van der Waals surface area (Å²) >= 11 is 0. The van der Waals surface area contributed by atoms with E-state index in [1.54, 1.807) is 13.8 Å². The molecule has 0 radical (unpaired) electrons. The lowest BCUT2D eigenvalue weighted by Crippen LogP contribution is -2.71. The first-order valence-electron chi connectivity index (χ1n) is 7.49. The Morgan fingerprint density at radius 3 is 2.04 bits per heavy atom. The van der Waals surface area contributed by atoms with Crippen molar-refractivity contribution in [1.29, 1.82) is 0 Å². The molecule has 1 N–H and O–H groups in total. The topological polar surface area (TPSA) is 110 Å². The molecule has 1 heterocycles. The standard InChI is InChI=1S/C15H26O9/c1-8(2)23-15(12(16)14(17)18)13(22-6)11(21-5)10(20-4)9(24-15)7-19-3/h8-11,13H,7H2,1-6H3,(H,17,18)/t9-,10-,11+,13+,15+/m1/s1. The number of hydrogen-bond donors (Lipinski definition) is 1. The average Bonchev–Trinajstić information content (AvgIpc) is 2.52. The fourth-order valence-electron chi connectivity index (χ4n) is 2.92. The lowest BCUT2D eigenvalue weighted by atomic mass is 9.89. The van der Waals surface area contributed by atoms with E-state index in [0.29, 0.717) is 0 Å². The molecule has 9 heteroatoms. The van der Waals surface area contributed by atoms with Gasteiger partial charge in [-0.2, -0.15) is 0 Å². The molecule has 0 unspecified atom stereocenters. The molecule has 0 bridgehead atoms. The van der Waals surface area contributed by atoms with Gasteiger partial charge in [0.1, 0.15) is 24.4 Å².